The van der Waals surface area contributed by atoms with E-state index in [1.807, 2.05) is 0 Å². The number of piperidine rings is 1. The zero-order valence-corrected chi connectivity index (χ0v) is 13.5. The fourth-order valence-corrected chi connectivity index (χ4v) is 3.61. The highest BCUT2D eigenvalue weighted by Gasteiger charge is 2.46. The van der Waals surface area contributed by atoms with Crippen molar-refractivity contribution in [3.8, 4) is 0 Å². The predicted octanol–water partition coefficient (Wildman–Crippen LogP) is 3.03. The average Bonchev–Trinajstić information content (AvgIpc) is 2.44. The molecule has 21 heavy (non-hydrogen) atoms. The van der Waals surface area contributed by atoms with Crippen LogP contribution in [-0.4, -0.2) is 48.2 Å². The molecule has 2 fully saturated rings. The Hall–Kier alpha value is -0.260. The van der Waals surface area contributed by atoms with Crippen molar-refractivity contribution in [2.45, 2.75) is 83.1 Å². The highest BCUT2D eigenvalue weighted by atomic mass is 19.3. The van der Waals surface area contributed by atoms with E-state index in [0.29, 0.717) is 24.8 Å². The molecule has 0 aromatic rings. The number of alkyl halides is 2. The summed E-state index contributed by atoms with van der Waals surface area (Å²) in [6, 6.07) is -0.617. The molecule has 0 bridgehead atoms. The number of nitrogens with two attached hydrogens (primary N) is 1. The molecule has 1 saturated carbocycles. The van der Waals surface area contributed by atoms with Crippen molar-refractivity contribution >= 4 is 0 Å². The Kier molecular flexibility index (Phi) is 5.60. The van der Waals surface area contributed by atoms with Crippen molar-refractivity contribution in [1.82, 2.24) is 4.90 Å². The molecule has 2 rings (SSSR count). The molecule has 124 valence electrons. The van der Waals surface area contributed by atoms with Gasteiger partial charge in [0, 0.05) is 25.6 Å². The Morgan fingerprint density at radius 2 is 2.00 bits per heavy atom. The molecule has 0 aromatic heterocycles. The highest BCUT2D eigenvalue weighted by molar-refractivity contribution is 4.93. The molecule has 0 aromatic carbocycles. The van der Waals surface area contributed by atoms with Gasteiger partial charge in [-0.2, -0.15) is 0 Å². The third-order valence-electron chi connectivity index (χ3n) is 5.19. The molecule has 1 heterocycles. The van der Waals surface area contributed by atoms with Gasteiger partial charge >= 0.3 is 0 Å². The van der Waals surface area contributed by atoms with Crippen molar-refractivity contribution in [3.05, 3.63) is 0 Å². The Morgan fingerprint density at radius 3 is 2.62 bits per heavy atom. The van der Waals surface area contributed by atoms with Crippen molar-refractivity contribution in [2.24, 2.45) is 11.7 Å². The quantitative estimate of drug-likeness (QED) is 0.867. The van der Waals surface area contributed by atoms with Gasteiger partial charge in [-0.1, -0.05) is 6.92 Å². The summed E-state index contributed by atoms with van der Waals surface area (Å²) >= 11 is 0. The van der Waals surface area contributed by atoms with Gasteiger partial charge < -0.3 is 15.4 Å². The second-order valence-electron chi connectivity index (χ2n) is 6.94. The lowest BCUT2D eigenvalue weighted by Crippen LogP contribution is -2.56. The van der Waals surface area contributed by atoms with Crippen molar-refractivity contribution < 1.29 is 13.5 Å². The molecule has 2 aliphatic rings. The van der Waals surface area contributed by atoms with Crippen LogP contribution in [0.3, 0.4) is 0 Å². The number of halogens is 2. The number of hydrogen-bond donors (Lipinski definition) is 1. The lowest BCUT2D eigenvalue weighted by atomic mass is 9.87. The highest BCUT2D eigenvalue weighted by Crippen LogP contribution is 2.36. The van der Waals surface area contributed by atoms with Crippen LogP contribution in [0.4, 0.5) is 8.78 Å². The van der Waals surface area contributed by atoms with Gasteiger partial charge in [0.25, 0.3) is 5.92 Å². The molecule has 0 amide bonds. The summed E-state index contributed by atoms with van der Waals surface area (Å²) in [6.45, 7) is 8.53. The topological polar surface area (TPSA) is 38.5 Å². The van der Waals surface area contributed by atoms with Crippen LogP contribution in [-0.2, 0) is 4.74 Å². The normalized spacial score (nSPS) is 37.9. The first kappa shape index (κ1) is 17.1. The molecule has 0 radical (unpaired) electrons. The first-order valence-corrected chi connectivity index (χ1v) is 8.38. The standard InChI is InChI=1S/C16H30F2N2O/c1-4-12-10-20(11(2)3)9-7-13(12)21-14-6-5-8-16(17,18)15(14)19/h11-15H,4-10,19H2,1-3H3/t12-,13+,14-,15+/m0/s1. The van der Waals surface area contributed by atoms with E-state index in [0.717, 1.165) is 25.9 Å². The zero-order chi connectivity index (χ0) is 15.6. The van der Waals surface area contributed by atoms with Gasteiger partial charge in [0.05, 0.1) is 18.2 Å². The van der Waals surface area contributed by atoms with E-state index in [2.05, 4.69) is 25.7 Å². The second kappa shape index (κ2) is 6.88. The molecule has 4 atom stereocenters. The zero-order valence-electron chi connectivity index (χ0n) is 13.5. The number of likely N-dealkylation sites (tertiary alicyclic amines) is 1. The molecular weight excluding hydrogens is 274 g/mol. The molecule has 1 saturated heterocycles. The van der Waals surface area contributed by atoms with Crippen LogP contribution in [0.1, 0.15) is 52.9 Å². The van der Waals surface area contributed by atoms with Gasteiger partial charge in [-0.3, -0.25) is 0 Å². The maximum absolute atomic E-state index is 13.7. The third kappa shape index (κ3) is 3.93. The number of rotatable bonds is 4. The van der Waals surface area contributed by atoms with Crippen LogP contribution in [0.15, 0.2) is 0 Å². The van der Waals surface area contributed by atoms with Crippen LogP contribution in [0.2, 0.25) is 0 Å². The Labute approximate surface area is 127 Å². The van der Waals surface area contributed by atoms with Crippen LogP contribution in [0.5, 0.6) is 0 Å². The summed E-state index contributed by atoms with van der Waals surface area (Å²) in [5, 5.41) is 0. The molecular formula is C16H30F2N2O. The molecule has 0 unspecified atom stereocenters. The van der Waals surface area contributed by atoms with Crippen molar-refractivity contribution in [3.63, 3.8) is 0 Å². The van der Waals surface area contributed by atoms with Crippen molar-refractivity contribution in [2.75, 3.05) is 13.1 Å². The minimum absolute atomic E-state index is 0.0787. The monoisotopic (exact) mass is 304 g/mol. The van der Waals surface area contributed by atoms with E-state index in [1.54, 1.807) is 0 Å². The summed E-state index contributed by atoms with van der Waals surface area (Å²) in [5.41, 5.74) is 5.75. The molecule has 5 heteroatoms. The Morgan fingerprint density at radius 1 is 1.29 bits per heavy atom. The lowest BCUT2D eigenvalue weighted by Gasteiger charge is -2.43. The first-order valence-electron chi connectivity index (χ1n) is 8.38. The molecule has 1 aliphatic carbocycles. The third-order valence-corrected chi connectivity index (χ3v) is 5.19. The van der Waals surface area contributed by atoms with E-state index in [-0.39, 0.29) is 12.5 Å². The summed E-state index contributed by atoms with van der Waals surface area (Å²) in [5.74, 6) is -2.35. The summed E-state index contributed by atoms with van der Waals surface area (Å²) in [7, 11) is 0. The van der Waals surface area contributed by atoms with Crippen molar-refractivity contribution in [1.29, 1.82) is 0 Å². The van der Waals surface area contributed by atoms with Gasteiger partial charge in [0.1, 0.15) is 0 Å². The molecule has 2 N–H and O–H groups in total. The predicted molar refractivity (Wildman–Crippen MR) is 80.5 cm³/mol. The number of hydrogen-bond acceptors (Lipinski definition) is 3. The molecule has 3 nitrogen and oxygen atoms in total. The SMILES string of the molecule is CC[C@H]1CN(C(C)C)CC[C@H]1O[C@H]1CCCC(F)(F)[C@@H]1N. The van der Waals surface area contributed by atoms with Gasteiger partial charge in [-0.05, 0) is 45.4 Å². The van der Waals surface area contributed by atoms with E-state index >= 15 is 0 Å². The summed E-state index contributed by atoms with van der Waals surface area (Å²) in [6.07, 6.45) is 2.60. The Balaban J connectivity index is 1.95. The first-order chi connectivity index (χ1) is 9.85. The van der Waals surface area contributed by atoms with Gasteiger partial charge in [0.2, 0.25) is 0 Å². The fourth-order valence-electron chi connectivity index (χ4n) is 3.61. The fraction of sp³-hybridized carbons (Fsp3) is 1.00. The van der Waals surface area contributed by atoms with Gasteiger partial charge in [-0.15, -0.1) is 0 Å². The smallest absolute Gasteiger partial charge is 0.265 e. The van der Waals surface area contributed by atoms with Gasteiger partial charge in [-0.25, -0.2) is 8.78 Å². The van der Waals surface area contributed by atoms with E-state index < -0.39 is 18.1 Å². The minimum Gasteiger partial charge on any atom is -0.373 e. The number of nitrogens with zero attached hydrogens (tertiary/aromatic N) is 1. The summed E-state index contributed by atoms with van der Waals surface area (Å²) < 4.78 is 33.6. The van der Waals surface area contributed by atoms with Gasteiger partial charge in [0.15, 0.2) is 0 Å². The van der Waals surface area contributed by atoms with Crippen LogP contribution in [0, 0.1) is 5.92 Å². The maximum Gasteiger partial charge on any atom is 0.265 e. The maximum atomic E-state index is 13.7. The average molecular weight is 304 g/mol. The van der Waals surface area contributed by atoms with Crippen LogP contribution < -0.4 is 5.73 Å². The van der Waals surface area contributed by atoms with Crippen LogP contribution >= 0.6 is 0 Å². The van der Waals surface area contributed by atoms with Crippen LogP contribution in [0.25, 0.3) is 0 Å². The Bertz CT molecular complexity index is 338. The number of ether oxygens (including phenoxy) is 1. The molecule has 1 aliphatic heterocycles. The minimum atomic E-state index is -2.77. The van der Waals surface area contributed by atoms with E-state index in [9.17, 15) is 8.78 Å². The van der Waals surface area contributed by atoms with E-state index in [4.69, 9.17) is 10.5 Å². The summed E-state index contributed by atoms with van der Waals surface area (Å²) in [4.78, 5) is 2.45. The molecule has 0 spiro atoms. The lowest BCUT2D eigenvalue weighted by molar-refractivity contribution is -0.152. The van der Waals surface area contributed by atoms with E-state index in [1.165, 1.54) is 0 Å². The largest absolute Gasteiger partial charge is 0.373 e. The second-order valence-corrected chi connectivity index (χ2v) is 6.94.